The van der Waals surface area contributed by atoms with Gasteiger partial charge in [-0.2, -0.15) is 0 Å². The van der Waals surface area contributed by atoms with Gasteiger partial charge in [0.05, 0.1) is 13.2 Å². The summed E-state index contributed by atoms with van der Waals surface area (Å²) < 4.78 is 10.0. The fourth-order valence-corrected chi connectivity index (χ4v) is 1.80. The molecule has 4 nitrogen and oxygen atoms in total. The highest BCUT2D eigenvalue weighted by Gasteiger charge is 2.43. The van der Waals surface area contributed by atoms with E-state index in [1.54, 1.807) is 0 Å². The van der Waals surface area contributed by atoms with Gasteiger partial charge in [0.25, 0.3) is 0 Å². The SMILES string of the molecule is CCOC1CCC(N)(C(=O)OC)C1. The van der Waals surface area contributed by atoms with Crippen molar-refractivity contribution in [2.24, 2.45) is 5.73 Å². The molecule has 0 aromatic heterocycles. The van der Waals surface area contributed by atoms with Gasteiger partial charge in [0.1, 0.15) is 5.54 Å². The zero-order chi connectivity index (χ0) is 9.90. The molecule has 0 saturated heterocycles. The minimum Gasteiger partial charge on any atom is -0.468 e. The normalized spacial score (nSPS) is 33.3. The van der Waals surface area contributed by atoms with Crippen molar-refractivity contribution in [1.82, 2.24) is 0 Å². The van der Waals surface area contributed by atoms with E-state index in [2.05, 4.69) is 4.74 Å². The molecule has 0 bridgehead atoms. The van der Waals surface area contributed by atoms with E-state index in [4.69, 9.17) is 10.5 Å². The Morgan fingerprint density at radius 3 is 2.92 bits per heavy atom. The summed E-state index contributed by atoms with van der Waals surface area (Å²) in [4.78, 5) is 11.3. The molecule has 0 aliphatic heterocycles. The van der Waals surface area contributed by atoms with E-state index in [9.17, 15) is 4.79 Å². The third-order valence-corrected chi connectivity index (χ3v) is 2.50. The van der Waals surface area contributed by atoms with Crippen LogP contribution >= 0.6 is 0 Å². The molecule has 2 atom stereocenters. The first-order valence-electron chi connectivity index (χ1n) is 4.61. The highest BCUT2D eigenvalue weighted by Crippen LogP contribution is 2.30. The second-order valence-corrected chi connectivity index (χ2v) is 3.47. The maximum Gasteiger partial charge on any atom is 0.325 e. The fraction of sp³-hybridized carbons (Fsp3) is 0.889. The van der Waals surface area contributed by atoms with Crippen LogP contribution in [-0.2, 0) is 14.3 Å². The lowest BCUT2D eigenvalue weighted by Gasteiger charge is -2.20. The number of carbonyl (C=O) groups is 1. The topological polar surface area (TPSA) is 61.5 Å². The van der Waals surface area contributed by atoms with E-state index in [1.165, 1.54) is 7.11 Å². The fourth-order valence-electron chi connectivity index (χ4n) is 1.80. The molecule has 1 saturated carbocycles. The van der Waals surface area contributed by atoms with E-state index in [0.717, 1.165) is 6.42 Å². The summed E-state index contributed by atoms with van der Waals surface area (Å²) in [5.74, 6) is -0.324. The van der Waals surface area contributed by atoms with Gasteiger partial charge >= 0.3 is 5.97 Å². The summed E-state index contributed by atoms with van der Waals surface area (Å²) in [6.07, 6.45) is 2.20. The predicted molar refractivity (Wildman–Crippen MR) is 48.2 cm³/mol. The molecular weight excluding hydrogens is 170 g/mol. The highest BCUT2D eigenvalue weighted by molar-refractivity contribution is 5.80. The molecule has 13 heavy (non-hydrogen) atoms. The van der Waals surface area contributed by atoms with Crippen LogP contribution in [0.5, 0.6) is 0 Å². The smallest absolute Gasteiger partial charge is 0.325 e. The minimum atomic E-state index is -0.811. The summed E-state index contributed by atoms with van der Waals surface area (Å²) in [6.45, 7) is 2.61. The van der Waals surface area contributed by atoms with Crippen LogP contribution in [-0.4, -0.2) is 31.3 Å². The summed E-state index contributed by atoms with van der Waals surface area (Å²) in [6, 6.07) is 0. The molecule has 0 heterocycles. The van der Waals surface area contributed by atoms with E-state index in [1.807, 2.05) is 6.92 Å². The van der Waals surface area contributed by atoms with Gasteiger partial charge in [-0.3, -0.25) is 4.79 Å². The van der Waals surface area contributed by atoms with Crippen molar-refractivity contribution < 1.29 is 14.3 Å². The average Bonchev–Trinajstić information content (AvgIpc) is 2.48. The third kappa shape index (κ3) is 2.19. The molecule has 1 aliphatic carbocycles. The van der Waals surface area contributed by atoms with E-state index >= 15 is 0 Å². The van der Waals surface area contributed by atoms with Crippen molar-refractivity contribution in [3.63, 3.8) is 0 Å². The van der Waals surface area contributed by atoms with Gasteiger partial charge in [-0.05, 0) is 19.8 Å². The highest BCUT2D eigenvalue weighted by atomic mass is 16.5. The average molecular weight is 187 g/mol. The third-order valence-electron chi connectivity index (χ3n) is 2.50. The molecule has 1 aliphatic rings. The lowest BCUT2D eigenvalue weighted by molar-refractivity contribution is -0.147. The molecule has 0 aromatic carbocycles. The lowest BCUT2D eigenvalue weighted by Crippen LogP contribution is -2.46. The maximum absolute atomic E-state index is 11.3. The Bertz CT molecular complexity index is 195. The van der Waals surface area contributed by atoms with Crippen LogP contribution < -0.4 is 5.73 Å². The zero-order valence-electron chi connectivity index (χ0n) is 8.21. The van der Waals surface area contributed by atoms with E-state index in [0.29, 0.717) is 19.4 Å². The summed E-state index contributed by atoms with van der Waals surface area (Å²) in [5.41, 5.74) is 5.07. The molecule has 2 unspecified atom stereocenters. The number of hydrogen-bond acceptors (Lipinski definition) is 4. The van der Waals surface area contributed by atoms with Crippen LogP contribution in [0.25, 0.3) is 0 Å². The second-order valence-electron chi connectivity index (χ2n) is 3.47. The molecule has 0 amide bonds. The Hall–Kier alpha value is -0.610. The van der Waals surface area contributed by atoms with Crippen LogP contribution in [0.1, 0.15) is 26.2 Å². The van der Waals surface area contributed by atoms with E-state index in [-0.39, 0.29) is 12.1 Å². The Morgan fingerprint density at radius 2 is 2.38 bits per heavy atom. The summed E-state index contributed by atoms with van der Waals surface area (Å²) in [5, 5.41) is 0. The first kappa shape index (κ1) is 10.5. The number of hydrogen-bond donors (Lipinski definition) is 1. The standard InChI is InChI=1S/C9H17NO3/c1-3-13-7-4-5-9(10,6-7)8(11)12-2/h7H,3-6,10H2,1-2H3. The number of esters is 1. The van der Waals surface area contributed by atoms with Crippen molar-refractivity contribution in [3.05, 3.63) is 0 Å². The minimum absolute atomic E-state index is 0.120. The largest absolute Gasteiger partial charge is 0.468 e. The van der Waals surface area contributed by atoms with Gasteiger partial charge in [0.2, 0.25) is 0 Å². The van der Waals surface area contributed by atoms with E-state index < -0.39 is 5.54 Å². The first-order chi connectivity index (χ1) is 6.12. The number of rotatable bonds is 3. The van der Waals surface area contributed by atoms with Gasteiger partial charge in [-0.1, -0.05) is 0 Å². The monoisotopic (exact) mass is 187 g/mol. The molecule has 1 rings (SSSR count). The zero-order valence-corrected chi connectivity index (χ0v) is 8.21. The van der Waals surface area contributed by atoms with Crippen molar-refractivity contribution in [3.8, 4) is 0 Å². The number of nitrogens with two attached hydrogens (primary N) is 1. The van der Waals surface area contributed by atoms with Gasteiger partial charge in [-0.25, -0.2) is 0 Å². The van der Waals surface area contributed by atoms with Crippen LogP contribution in [0.4, 0.5) is 0 Å². The van der Waals surface area contributed by atoms with Gasteiger partial charge in [-0.15, -0.1) is 0 Å². The van der Waals surface area contributed by atoms with Crippen LogP contribution in [0, 0.1) is 0 Å². The molecule has 4 heteroatoms. The Labute approximate surface area is 78.4 Å². The quantitative estimate of drug-likeness (QED) is 0.651. The molecular formula is C9H17NO3. The van der Waals surface area contributed by atoms with Gasteiger partial charge in [0, 0.05) is 13.0 Å². The maximum atomic E-state index is 11.3. The summed E-state index contributed by atoms with van der Waals surface area (Å²) in [7, 11) is 1.37. The molecule has 0 aromatic rings. The van der Waals surface area contributed by atoms with Crippen LogP contribution in [0.2, 0.25) is 0 Å². The van der Waals surface area contributed by atoms with Crippen LogP contribution in [0.3, 0.4) is 0 Å². The number of methoxy groups -OCH3 is 1. The first-order valence-corrected chi connectivity index (χ1v) is 4.61. The number of ether oxygens (including phenoxy) is 2. The Kier molecular flexibility index (Phi) is 3.27. The molecule has 2 N–H and O–H groups in total. The molecule has 0 spiro atoms. The lowest BCUT2D eigenvalue weighted by atomic mass is 10.00. The Morgan fingerprint density at radius 1 is 1.69 bits per heavy atom. The second kappa shape index (κ2) is 4.07. The molecule has 1 fully saturated rings. The van der Waals surface area contributed by atoms with Crippen molar-refractivity contribution >= 4 is 5.97 Å². The van der Waals surface area contributed by atoms with Crippen LogP contribution in [0.15, 0.2) is 0 Å². The Balaban J connectivity index is 2.50. The predicted octanol–water partition coefficient (Wildman–Crippen LogP) is 0.446. The van der Waals surface area contributed by atoms with Gasteiger partial charge in [0.15, 0.2) is 0 Å². The van der Waals surface area contributed by atoms with Gasteiger partial charge < -0.3 is 15.2 Å². The molecule has 76 valence electrons. The van der Waals surface area contributed by atoms with Crippen molar-refractivity contribution in [2.75, 3.05) is 13.7 Å². The van der Waals surface area contributed by atoms with Crippen molar-refractivity contribution in [2.45, 2.75) is 37.8 Å². The summed E-state index contributed by atoms with van der Waals surface area (Å²) >= 11 is 0. The molecule has 0 radical (unpaired) electrons. The van der Waals surface area contributed by atoms with Crippen molar-refractivity contribution in [1.29, 1.82) is 0 Å². The number of carbonyl (C=O) groups excluding carboxylic acids is 1.